The SMILES string of the molecule is CCC1CCC(NC(=O)NS(=O)(=O)c2ccc(CCNC(=O)N3Cc4ccccc4C3=O)cc2)C1. The summed E-state index contributed by atoms with van der Waals surface area (Å²) < 4.78 is 27.2. The van der Waals surface area contributed by atoms with Crippen molar-refractivity contribution in [3.05, 3.63) is 65.2 Å². The molecule has 2 atom stereocenters. The molecule has 1 aliphatic carbocycles. The van der Waals surface area contributed by atoms with Gasteiger partial charge < -0.3 is 10.6 Å². The number of carbonyl (C=O) groups excluding carboxylic acids is 3. The lowest BCUT2D eigenvalue weighted by atomic mass is 10.1. The van der Waals surface area contributed by atoms with Gasteiger partial charge in [-0.25, -0.2) is 22.7 Å². The molecule has 4 rings (SSSR count). The van der Waals surface area contributed by atoms with E-state index >= 15 is 0 Å². The highest BCUT2D eigenvalue weighted by Crippen LogP contribution is 2.27. The first-order valence-corrected chi connectivity index (χ1v) is 13.3. The second kappa shape index (κ2) is 10.5. The van der Waals surface area contributed by atoms with Crippen LogP contribution in [0.1, 0.15) is 54.1 Å². The maximum absolute atomic E-state index is 12.6. The highest BCUT2D eigenvalue weighted by molar-refractivity contribution is 7.90. The van der Waals surface area contributed by atoms with Gasteiger partial charge in [-0.15, -0.1) is 0 Å². The van der Waals surface area contributed by atoms with E-state index in [-0.39, 0.29) is 29.9 Å². The number of amides is 5. The van der Waals surface area contributed by atoms with Gasteiger partial charge in [0.2, 0.25) is 0 Å². The van der Waals surface area contributed by atoms with Gasteiger partial charge in [0.1, 0.15) is 0 Å². The quantitative estimate of drug-likeness (QED) is 0.541. The van der Waals surface area contributed by atoms with E-state index in [4.69, 9.17) is 0 Å². The minimum atomic E-state index is -3.99. The van der Waals surface area contributed by atoms with Crippen LogP contribution in [0.3, 0.4) is 0 Å². The fraction of sp³-hybridized carbons (Fsp3) is 0.400. The molecule has 0 saturated heterocycles. The van der Waals surface area contributed by atoms with Crippen LogP contribution in [-0.2, 0) is 23.0 Å². The first-order chi connectivity index (χ1) is 16.8. The van der Waals surface area contributed by atoms with Crippen LogP contribution < -0.4 is 15.4 Å². The Labute approximate surface area is 205 Å². The van der Waals surface area contributed by atoms with Crippen LogP contribution in [0.25, 0.3) is 0 Å². The molecule has 10 heteroatoms. The van der Waals surface area contributed by atoms with Crippen LogP contribution in [0.15, 0.2) is 53.4 Å². The summed E-state index contributed by atoms with van der Waals surface area (Å²) >= 11 is 0. The number of sulfonamides is 1. The average Bonchev–Trinajstić information content (AvgIpc) is 3.43. The maximum Gasteiger partial charge on any atom is 0.328 e. The molecule has 0 radical (unpaired) electrons. The van der Waals surface area contributed by atoms with Gasteiger partial charge in [0.15, 0.2) is 0 Å². The zero-order valence-corrected chi connectivity index (χ0v) is 20.4. The molecule has 2 unspecified atom stereocenters. The van der Waals surface area contributed by atoms with Crippen molar-refractivity contribution in [3.8, 4) is 0 Å². The molecule has 0 bridgehead atoms. The van der Waals surface area contributed by atoms with Gasteiger partial charge in [-0.1, -0.05) is 43.7 Å². The van der Waals surface area contributed by atoms with Crippen LogP contribution in [0.2, 0.25) is 0 Å². The molecule has 1 aliphatic heterocycles. The lowest BCUT2D eigenvalue weighted by Gasteiger charge is -2.15. The lowest BCUT2D eigenvalue weighted by molar-refractivity contribution is 0.0821. The minimum Gasteiger partial charge on any atom is -0.337 e. The monoisotopic (exact) mass is 498 g/mol. The summed E-state index contributed by atoms with van der Waals surface area (Å²) in [7, 11) is -3.99. The Hall–Kier alpha value is -3.40. The summed E-state index contributed by atoms with van der Waals surface area (Å²) in [5.74, 6) is 0.253. The van der Waals surface area contributed by atoms with Crippen molar-refractivity contribution in [2.45, 2.75) is 56.5 Å². The first kappa shape index (κ1) is 24.7. The molecule has 2 aromatic carbocycles. The molecule has 2 aromatic rings. The number of nitrogens with one attached hydrogen (secondary N) is 3. The number of rotatable bonds is 7. The van der Waals surface area contributed by atoms with Crippen molar-refractivity contribution in [1.82, 2.24) is 20.3 Å². The smallest absolute Gasteiger partial charge is 0.328 e. The van der Waals surface area contributed by atoms with Gasteiger partial charge >= 0.3 is 12.1 Å². The molecular formula is C25H30N4O5S. The number of fused-ring (bicyclic) bond motifs is 1. The third kappa shape index (κ3) is 5.82. The minimum absolute atomic E-state index is 0.00208. The molecule has 0 spiro atoms. The summed E-state index contributed by atoms with van der Waals surface area (Å²) in [6.07, 6.45) is 4.27. The van der Waals surface area contributed by atoms with Crippen molar-refractivity contribution in [2.75, 3.05) is 6.54 Å². The van der Waals surface area contributed by atoms with E-state index in [1.807, 2.05) is 12.1 Å². The summed E-state index contributed by atoms with van der Waals surface area (Å²) in [5, 5.41) is 5.49. The van der Waals surface area contributed by atoms with Crippen LogP contribution in [0.4, 0.5) is 9.59 Å². The molecular weight excluding hydrogens is 468 g/mol. The van der Waals surface area contributed by atoms with Crippen LogP contribution in [-0.4, -0.2) is 43.9 Å². The van der Waals surface area contributed by atoms with Gasteiger partial charge in [0.05, 0.1) is 11.4 Å². The van der Waals surface area contributed by atoms with Crippen molar-refractivity contribution in [2.24, 2.45) is 5.92 Å². The topological polar surface area (TPSA) is 125 Å². The van der Waals surface area contributed by atoms with E-state index in [9.17, 15) is 22.8 Å². The largest absolute Gasteiger partial charge is 0.337 e. The third-order valence-corrected chi connectivity index (χ3v) is 8.02. The zero-order valence-electron chi connectivity index (χ0n) is 19.6. The molecule has 35 heavy (non-hydrogen) atoms. The van der Waals surface area contributed by atoms with Crippen molar-refractivity contribution < 1.29 is 22.8 Å². The van der Waals surface area contributed by atoms with E-state index in [2.05, 4.69) is 22.3 Å². The molecule has 3 N–H and O–H groups in total. The summed E-state index contributed by atoms with van der Waals surface area (Å²) in [4.78, 5) is 38.2. The van der Waals surface area contributed by atoms with Gasteiger partial charge in [0, 0.05) is 18.2 Å². The molecule has 1 heterocycles. The molecule has 1 fully saturated rings. The fourth-order valence-corrected chi connectivity index (χ4v) is 5.55. The number of urea groups is 2. The van der Waals surface area contributed by atoms with E-state index in [1.165, 1.54) is 17.0 Å². The Morgan fingerprint density at radius 2 is 1.80 bits per heavy atom. The Bertz CT molecular complexity index is 1210. The Kier molecular flexibility index (Phi) is 7.39. The second-order valence-corrected chi connectivity index (χ2v) is 10.7. The number of benzene rings is 2. The van der Waals surface area contributed by atoms with Crippen LogP contribution >= 0.6 is 0 Å². The predicted molar refractivity (Wildman–Crippen MR) is 130 cm³/mol. The molecule has 9 nitrogen and oxygen atoms in total. The lowest BCUT2D eigenvalue weighted by Crippen LogP contribution is -2.43. The number of carbonyl (C=O) groups is 3. The van der Waals surface area contributed by atoms with Gasteiger partial charge in [-0.05, 0) is 60.9 Å². The average molecular weight is 499 g/mol. The van der Waals surface area contributed by atoms with E-state index < -0.39 is 22.1 Å². The summed E-state index contributed by atoms with van der Waals surface area (Å²) in [6.45, 7) is 2.64. The van der Waals surface area contributed by atoms with Gasteiger partial charge in [-0.3, -0.25) is 9.69 Å². The third-order valence-electron chi connectivity index (χ3n) is 6.67. The van der Waals surface area contributed by atoms with E-state index in [0.717, 1.165) is 36.8 Å². The molecule has 1 saturated carbocycles. The second-order valence-electron chi connectivity index (χ2n) is 9.04. The highest BCUT2D eigenvalue weighted by atomic mass is 32.2. The first-order valence-electron chi connectivity index (χ1n) is 11.9. The Morgan fingerprint density at radius 3 is 2.49 bits per heavy atom. The Balaban J connectivity index is 1.24. The van der Waals surface area contributed by atoms with Crippen molar-refractivity contribution in [3.63, 3.8) is 0 Å². The van der Waals surface area contributed by atoms with Crippen LogP contribution in [0.5, 0.6) is 0 Å². The van der Waals surface area contributed by atoms with Gasteiger partial charge in [0.25, 0.3) is 15.9 Å². The van der Waals surface area contributed by atoms with Crippen molar-refractivity contribution >= 4 is 28.0 Å². The van der Waals surface area contributed by atoms with Crippen LogP contribution in [0, 0.1) is 5.92 Å². The van der Waals surface area contributed by atoms with E-state index in [0.29, 0.717) is 17.9 Å². The number of hydrogen-bond acceptors (Lipinski definition) is 5. The predicted octanol–water partition coefficient (Wildman–Crippen LogP) is 3.16. The summed E-state index contributed by atoms with van der Waals surface area (Å²) in [5.41, 5.74) is 2.16. The molecule has 186 valence electrons. The number of imide groups is 1. The fourth-order valence-electron chi connectivity index (χ4n) is 4.64. The zero-order chi connectivity index (χ0) is 25.0. The number of hydrogen-bond donors (Lipinski definition) is 3. The standard InChI is InChI=1S/C25H30N4O5S/c1-2-17-7-10-20(15-17)27-24(31)28-35(33,34)21-11-8-18(9-12-21)13-14-26-25(32)29-16-19-5-3-4-6-22(19)23(29)30/h3-6,8-9,11-12,17,20H,2,7,10,13-16H2,1H3,(H,26,32)(H2,27,28,31). The highest BCUT2D eigenvalue weighted by Gasteiger charge is 2.31. The van der Waals surface area contributed by atoms with E-state index in [1.54, 1.807) is 24.3 Å². The molecule has 2 aliphatic rings. The normalized spacial score (nSPS) is 19.3. The molecule has 0 aromatic heterocycles. The number of nitrogens with zero attached hydrogens (tertiary/aromatic N) is 1. The summed E-state index contributed by atoms with van der Waals surface area (Å²) in [6, 6.07) is 12.1. The van der Waals surface area contributed by atoms with Crippen molar-refractivity contribution in [1.29, 1.82) is 0 Å². The molecule has 5 amide bonds. The van der Waals surface area contributed by atoms with Gasteiger partial charge in [-0.2, -0.15) is 0 Å². The maximum atomic E-state index is 12.6. The Morgan fingerprint density at radius 1 is 1.06 bits per heavy atom.